The van der Waals surface area contributed by atoms with E-state index in [1.807, 2.05) is 0 Å². The molecule has 0 unspecified atom stereocenters. The summed E-state index contributed by atoms with van der Waals surface area (Å²) in [6.45, 7) is 0. The Bertz CT molecular complexity index is 1520. The summed E-state index contributed by atoms with van der Waals surface area (Å²) >= 11 is 1.02. The van der Waals surface area contributed by atoms with Crippen molar-refractivity contribution in [3.63, 3.8) is 0 Å². The fourth-order valence-corrected chi connectivity index (χ4v) is 5.29. The first-order valence-corrected chi connectivity index (χ1v) is 12.6. The highest BCUT2D eigenvalue weighted by molar-refractivity contribution is 7.91. The van der Waals surface area contributed by atoms with Crippen LogP contribution < -0.4 is 5.01 Å². The van der Waals surface area contributed by atoms with E-state index in [0.717, 1.165) is 16.3 Å². The van der Waals surface area contributed by atoms with Crippen LogP contribution in [-0.4, -0.2) is 36.2 Å². The van der Waals surface area contributed by atoms with Crippen LogP contribution in [0.25, 0.3) is 10.2 Å². The number of fused-ring (bicyclic) bond motifs is 1. The maximum atomic E-state index is 13.6. The van der Waals surface area contributed by atoms with E-state index < -0.39 is 32.2 Å². The lowest BCUT2D eigenvalue weighted by molar-refractivity contribution is -0.384. The van der Waals surface area contributed by atoms with Gasteiger partial charge in [0.15, 0.2) is 9.84 Å². The lowest BCUT2D eigenvalue weighted by Crippen LogP contribution is -2.27. The summed E-state index contributed by atoms with van der Waals surface area (Å²) in [5.41, 5.74) is 0.818. The maximum Gasteiger partial charge on any atom is 0.269 e. The fraction of sp³-hybridized carbons (Fsp3) is 0.0870. The molecule has 9 nitrogen and oxygen atoms in total. The van der Waals surface area contributed by atoms with Crippen molar-refractivity contribution in [2.24, 2.45) is 5.10 Å². The quantitative estimate of drug-likeness (QED) is 0.194. The van der Waals surface area contributed by atoms with E-state index in [1.165, 1.54) is 60.8 Å². The summed E-state index contributed by atoms with van der Waals surface area (Å²) in [5, 5.41) is 16.1. The van der Waals surface area contributed by atoms with Crippen LogP contribution in [0.15, 0.2) is 82.8 Å². The Morgan fingerprint density at radius 1 is 1.11 bits per heavy atom. The van der Waals surface area contributed by atoms with Gasteiger partial charge in [-0.05, 0) is 48.0 Å². The Morgan fingerprint density at radius 2 is 1.83 bits per heavy atom. The molecule has 1 amide bonds. The average molecular weight is 513 g/mol. The Labute approximate surface area is 203 Å². The van der Waals surface area contributed by atoms with Crippen molar-refractivity contribution in [2.75, 3.05) is 10.8 Å². The zero-order valence-corrected chi connectivity index (χ0v) is 19.6. The topological polar surface area (TPSA) is 123 Å². The minimum atomic E-state index is -3.71. The second-order valence-electron chi connectivity index (χ2n) is 7.29. The van der Waals surface area contributed by atoms with E-state index in [9.17, 15) is 27.7 Å². The van der Waals surface area contributed by atoms with Crippen molar-refractivity contribution in [2.45, 2.75) is 11.3 Å². The number of anilines is 1. The van der Waals surface area contributed by atoms with Crippen molar-refractivity contribution in [1.29, 1.82) is 0 Å². The molecule has 0 aliphatic carbocycles. The number of carbonyl (C=O) groups excluding carboxylic acids is 1. The SMILES string of the molecule is O=C(CCS(=O)(=O)c1ccccc1)N(/N=C/c1ccc([N+](=O)[O-])cc1)c1nc2ccc(F)cc2s1. The van der Waals surface area contributed by atoms with Gasteiger partial charge in [0.1, 0.15) is 5.82 Å². The zero-order valence-electron chi connectivity index (χ0n) is 17.9. The fourth-order valence-electron chi connectivity index (χ4n) is 3.08. The number of hydrogen-bond donors (Lipinski definition) is 0. The molecule has 4 aromatic rings. The Balaban J connectivity index is 1.62. The van der Waals surface area contributed by atoms with E-state index in [2.05, 4.69) is 10.1 Å². The summed E-state index contributed by atoms with van der Waals surface area (Å²) in [6.07, 6.45) is 0.930. The Morgan fingerprint density at radius 3 is 2.51 bits per heavy atom. The van der Waals surface area contributed by atoms with Crippen LogP contribution in [0.2, 0.25) is 0 Å². The predicted octanol–water partition coefficient (Wildman–Crippen LogP) is 4.57. The predicted molar refractivity (Wildman–Crippen MR) is 131 cm³/mol. The summed E-state index contributed by atoms with van der Waals surface area (Å²) in [6, 6.07) is 17.3. The summed E-state index contributed by atoms with van der Waals surface area (Å²) in [4.78, 5) is 27.8. The smallest absolute Gasteiger partial charge is 0.269 e. The number of hydrogen-bond acceptors (Lipinski definition) is 8. The van der Waals surface area contributed by atoms with Gasteiger partial charge in [-0.25, -0.2) is 17.8 Å². The van der Waals surface area contributed by atoms with E-state index in [4.69, 9.17) is 0 Å². The molecule has 1 heterocycles. The number of hydrazone groups is 1. The molecular weight excluding hydrogens is 495 g/mol. The third-order valence-corrected chi connectivity index (χ3v) is 7.60. The standard InChI is InChI=1S/C23H17FN4O5S2/c24-17-8-11-20-21(14-17)34-23(26-20)27(25-15-16-6-9-18(10-7-16)28(30)31)22(29)12-13-35(32,33)19-4-2-1-3-5-19/h1-11,14-15H,12-13H2/b25-15+. The molecule has 0 atom stereocenters. The van der Waals surface area contributed by atoms with Gasteiger partial charge in [0.05, 0.1) is 32.0 Å². The first-order chi connectivity index (χ1) is 16.7. The lowest BCUT2D eigenvalue weighted by Gasteiger charge is -2.14. The third-order valence-electron chi connectivity index (χ3n) is 4.87. The van der Waals surface area contributed by atoms with Gasteiger partial charge in [-0.3, -0.25) is 14.9 Å². The molecule has 12 heteroatoms. The van der Waals surface area contributed by atoms with Crippen LogP contribution in [0.1, 0.15) is 12.0 Å². The van der Waals surface area contributed by atoms with Crippen LogP contribution in [0, 0.1) is 15.9 Å². The number of benzene rings is 3. The van der Waals surface area contributed by atoms with Crippen LogP contribution in [0.5, 0.6) is 0 Å². The summed E-state index contributed by atoms with van der Waals surface area (Å²) < 4.78 is 39.4. The van der Waals surface area contributed by atoms with Gasteiger partial charge in [0.2, 0.25) is 5.13 Å². The maximum absolute atomic E-state index is 13.6. The van der Waals surface area contributed by atoms with Crippen LogP contribution in [-0.2, 0) is 14.6 Å². The average Bonchev–Trinajstić information content (AvgIpc) is 3.26. The van der Waals surface area contributed by atoms with Crippen molar-refractivity contribution in [1.82, 2.24) is 4.98 Å². The Hall–Kier alpha value is -4.03. The van der Waals surface area contributed by atoms with Gasteiger partial charge in [0.25, 0.3) is 11.6 Å². The van der Waals surface area contributed by atoms with Gasteiger partial charge >= 0.3 is 0 Å². The summed E-state index contributed by atoms with van der Waals surface area (Å²) in [5.74, 6) is -1.55. The molecule has 0 spiro atoms. The van der Waals surface area contributed by atoms with Crippen molar-refractivity contribution >= 4 is 54.3 Å². The molecule has 0 aliphatic heterocycles. The van der Waals surface area contributed by atoms with Gasteiger partial charge in [-0.2, -0.15) is 10.1 Å². The number of sulfone groups is 1. The number of non-ortho nitro benzene ring substituents is 1. The van der Waals surface area contributed by atoms with Crippen LogP contribution in [0.4, 0.5) is 15.2 Å². The molecule has 0 saturated carbocycles. The first-order valence-electron chi connectivity index (χ1n) is 10.2. The molecular formula is C23H17FN4O5S2. The number of amides is 1. The minimum Gasteiger partial charge on any atom is -0.272 e. The molecule has 0 fully saturated rings. The largest absolute Gasteiger partial charge is 0.272 e. The van der Waals surface area contributed by atoms with Crippen LogP contribution in [0.3, 0.4) is 0 Å². The number of nitro benzene ring substituents is 1. The lowest BCUT2D eigenvalue weighted by atomic mass is 10.2. The molecule has 4 rings (SSSR count). The van der Waals surface area contributed by atoms with Crippen molar-refractivity contribution in [3.05, 3.63) is 94.3 Å². The minimum absolute atomic E-state index is 0.101. The number of rotatable bonds is 8. The second kappa shape index (κ2) is 10.1. The number of nitrogens with zero attached hydrogens (tertiary/aromatic N) is 4. The third kappa shape index (κ3) is 5.73. The molecule has 178 valence electrons. The second-order valence-corrected chi connectivity index (χ2v) is 10.4. The van der Waals surface area contributed by atoms with Gasteiger partial charge < -0.3 is 0 Å². The highest BCUT2D eigenvalue weighted by Gasteiger charge is 2.23. The van der Waals surface area contributed by atoms with E-state index >= 15 is 0 Å². The summed E-state index contributed by atoms with van der Waals surface area (Å²) in [7, 11) is -3.71. The highest BCUT2D eigenvalue weighted by Crippen LogP contribution is 2.30. The van der Waals surface area contributed by atoms with Crippen molar-refractivity contribution < 1.29 is 22.5 Å². The molecule has 1 aromatic heterocycles. The number of carbonyl (C=O) groups is 1. The Kier molecular flexibility index (Phi) is 6.94. The normalized spacial score (nSPS) is 11.7. The van der Waals surface area contributed by atoms with Gasteiger partial charge in [-0.1, -0.05) is 29.5 Å². The van der Waals surface area contributed by atoms with Gasteiger partial charge in [-0.15, -0.1) is 0 Å². The zero-order chi connectivity index (χ0) is 25.0. The monoisotopic (exact) mass is 512 g/mol. The molecule has 0 N–H and O–H groups in total. The molecule has 0 aliphatic rings. The molecule has 0 bridgehead atoms. The molecule has 35 heavy (non-hydrogen) atoms. The number of aromatic nitrogens is 1. The molecule has 0 radical (unpaired) electrons. The highest BCUT2D eigenvalue weighted by atomic mass is 32.2. The van der Waals surface area contributed by atoms with E-state index in [-0.39, 0.29) is 22.1 Å². The molecule has 0 saturated heterocycles. The van der Waals surface area contributed by atoms with E-state index in [1.54, 1.807) is 18.2 Å². The van der Waals surface area contributed by atoms with Crippen LogP contribution >= 0.6 is 11.3 Å². The first kappa shape index (κ1) is 24.1. The van der Waals surface area contributed by atoms with Crippen molar-refractivity contribution in [3.8, 4) is 0 Å². The number of nitro groups is 1. The van der Waals surface area contributed by atoms with Gasteiger partial charge in [0, 0.05) is 18.6 Å². The number of halogens is 1. The molecule has 3 aromatic carbocycles. The number of thiazole rings is 1. The van der Waals surface area contributed by atoms with E-state index in [0.29, 0.717) is 15.8 Å².